The van der Waals surface area contributed by atoms with E-state index in [0.717, 1.165) is 6.92 Å². The molecule has 0 atom stereocenters. The van der Waals surface area contributed by atoms with Gasteiger partial charge in [0.25, 0.3) is 0 Å². The zero-order valence-electron chi connectivity index (χ0n) is 10.6. The average Bonchev–Trinajstić information content (AvgIpc) is 1.99. The van der Waals surface area contributed by atoms with E-state index >= 15 is 0 Å². The first-order chi connectivity index (χ1) is 7.44. The first-order valence-corrected chi connectivity index (χ1v) is 6.56. The highest BCUT2D eigenvalue weighted by atomic mass is 32.2. The van der Waals surface area contributed by atoms with E-state index in [9.17, 15) is 21.6 Å². The van der Waals surface area contributed by atoms with Crippen LogP contribution in [0.4, 0.5) is 13.2 Å². The highest BCUT2D eigenvalue weighted by molar-refractivity contribution is 7.87. The second-order valence-electron chi connectivity index (χ2n) is 3.78. The van der Waals surface area contributed by atoms with Crippen LogP contribution in [0.5, 0.6) is 0 Å². The summed E-state index contributed by atoms with van der Waals surface area (Å²) in [5, 5.41) is 3.31. The highest BCUT2D eigenvalue weighted by Crippen LogP contribution is 2.24. The Bertz CT molecular complexity index is 280. The van der Waals surface area contributed by atoms with Gasteiger partial charge in [0.05, 0.1) is 6.61 Å². The topological polar surface area (TPSA) is 55.4 Å². The number of nitrogens with one attached hydrogen (secondary N) is 1. The van der Waals surface area contributed by atoms with E-state index in [1.54, 1.807) is 0 Å². The average molecular weight is 279 g/mol. The summed E-state index contributed by atoms with van der Waals surface area (Å²) in [6.45, 7) is 9.26. The number of alkyl halides is 3. The lowest BCUT2D eigenvalue weighted by Gasteiger charge is -2.10. The smallest absolute Gasteiger partial charge is 0.312 e. The third-order valence-electron chi connectivity index (χ3n) is 1.22. The molecule has 17 heavy (non-hydrogen) atoms. The molecule has 0 aromatic rings. The van der Waals surface area contributed by atoms with Gasteiger partial charge in [-0.1, -0.05) is 27.7 Å². The van der Waals surface area contributed by atoms with Gasteiger partial charge in [-0.25, -0.2) is 0 Å². The van der Waals surface area contributed by atoms with Crippen molar-refractivity contribution >= 4 is 10.1 Å². The molecule has 0 aromatic carbocycles. The van der Waals surface area contributed by atoms with Crippen LogP contribution in [0.3, 0.4) is 0 Å². The molecule has 0 heterocycles. The molecule has 0 aliphatic carbocycles. The molecule has 0 spiro atoms. The van der Waals surface area contributed by atoms with Crippen molar-refractivity contribution in [2.24, 2.45) is 0 Å². The molecule has 1 N–H and O–H groups in total. The molecule has 106 valence electrons. The lowest BCUT2D eigenvalue weighted by molar-refractivity contribution is -0.0539. The summed E-state index contributed by atoms with van der Waals surface area (Å²) in [7, 11) is -5.35. The summed E-state index contributed by atoms with van der Waals surface area (Å²) >= 11 is 0. The molecule has 0 unspecified atom stereocenters. The quantitative estimate of drug-likeness (QED) is 0.633. The third kappa shape index (κ3) is 10.5. The van der Waals surface area contributed by atoms with Gasteiger partial charge in [0.2, 0.25) is 0 Å². The molecule has 4 nitrogen and oxygen atoms in total. The number of hydrogen-bond donors (Lipinski definition) is 1. The van der Waals surface area contributed by atoms with E-state index in [0.29, 0.717) is 12.1 Å². The van der Waals surface area contributed by atoms with Crippen molar-refractivity contribution in [2.75, 3.05) is 6.61 Å². The van der Waals surface area contributed by atoms with E-state index in [4.69, 9.17) is 0 Å². The van der Waals surface area contributed by atoms with E-state index < -0.39 is 22.2 Å². The first kappa shape index (κ1) is 19.0. The van der Waals surface area contributed by atoms with Crippen molar-refractivity contribution in [1.82, 2.24) is 5.32 Å². The van der Waals surface area contributed by atoms with E-state index in [-0.39, 0.29) is 0 Å². The Labute approximate surface area is 101 Å². The third-order valence-corrected chi connectivity index (χ3v) is 2.34. The van der Waals surface area contributed by atoms with Crippen LogP contribution in [-0.4, -0.2) is 32.6 Å². The molecule has 0 aliphatic rings. The van der Waals surface area contributed by atoms with Crippen LogP contribution in [0.25, 0.3) is 0 Å². The summed E-state index contributed by atoms with van der Waals surface area (Å²) in [4.78, 5) is 0. The molecular formula is C9H20F3NO3S. The van der Waals surface area contributed by atoms with Gasteiger partial charge in [-0.05, 0) is 6.92 Å². The van der Waals surface area contributed by atoms with Crippen LogP contribution in [-0.2, 0) is 14.3 Å². The molecule has 0 radical (unpaired) electrons. The number of rotatable bonds is 4. The molecule has 0 rings (SSSR count). The Kier molecular flexibility index (Phi) is 8.82. The fraction of sp³-hybridized carbons (Fsp3) is 1.00. The fourth-order valence-corrected chi connectivity index (χ4v) is 1.33. The van der Waals surface area contributed by atoms with Gasteiger partial charge < -0.3 is 5.32 Å². The molecular weight excluding hydrogens is 259 g/mol. The Morgan fingerprint density at radius 3 is 1.53 bits per heavy atom. The Balaban J connectivity index is 0. The zero-order chi connectivity index (χ0) is 14.3. The monoisotopic (exact) mass is 279 g/mol. The van der Waals surface area contributed by atoms with Crippen LogP contribution >= 0.6 is 0 Å². The molecule has 0 fully saturated rings. The predicted octanol–water partition coefficient (Wildman–Crippen LogP) is 2.27. The van der Waals surface area contributed by atoms with Crippen molar-refractivity contribution in [3.8, 4) is 0 Å². The summed E-state index contributed by atoms with van der Waals surface area (Å²) in [5.41, 5.74) is -5.30. The Morgan fingerprint density at radius 1 is 1.12 bits per heavy atom. The second-order valence-corrected chi connectivity index (χ2v) is 5.39. The molecule has 0 saturated carbocycles. The summed E-state index contributed by atoms with van der Waals surface area (Å²) < 4.78 is 57.2. The number of hydrogen-bond acceptors (Lipinski definition) is 4. The summed E-state index contributed by atoms with van der Waals surface area (Å²) in [6.07, 6.45) is 0. The van der Waals surface area contributed by atoms with Crippen LogP contribution in [0.2, 0.25) is 0 Å². The minimum atomic E-state index is -5.35. The van der Waals surface area contributed by atoms with Gasteiger partial charge in [0.1, 0.15) is 0 Å². The number of halogens is 3. The van der Waals surface area contributed by atoms with Gasteiger partial charge in [0, 0.05) is 12.1 Å². The second kappa shape index (κ2) is 7.88. The predicted molar refractivity (Wildman–Crippen MR) is 60.0 cm³/mol. The van der Waals surface area contributed by atoms with Crippen LogP contribution in [0.15, 0.2) is 0 Å². The molecule has 0 bridgehead atoms. The van der Waals surface area contributed by atoms with Gasteiger partial charge in [0.15, 0.2) is 0 Å². The Hall–Kier alpha value is -0.340. The zero-order valence-corrected chi connectivity index (χ0v) is 11.4. The maximum absolute atomic E-state index is 11.3. The van der Waals surface area contributed by atoms with E-state index in [2.05, 4.69) is 37.2 Å². The maximum atomic E-state index is 11.3. The molecule has 0 saturated heterocycles. The lowest BCUT2D eigenvalue weighted by Crippen LogP contribution is -2.29. The highest BCUT2D eigenvalue weighted by Gasteiger charge is 2.46. The van der Waals surface area contributed by atoms with Crippen molar-refractivity contribution in [3.05, 3.63) is 0 Å². The Morgan fingerprint density at radius 2 is 1.47 bits per heavy atom. The molecule has 0 amide bonds. The van der Waals surface area contributed by atoms with Gasteiger partial charge >= 0.3 is 15.6 Å². The summed E-state index contributed by atoms with van der Waals surface area (Å²) in [6, 6.07) is 1.25. The van der Waals surface area contributed by atoms with Gasteiger partial charge in [-0.3, -0.25) is 4.18 Å². The first-order valence-electron chi connectivity index (χ1n) is 5.15. The van der Waals surface area contributed by atoms with Crippen molar-refractivity contribution in [2.45, 2.75) is 52.2 Å². The normalized spacial score (nSPS) is 12.6. The fourth-order valence-electron chi connectivity index (χ4n) is 0.889. The van der Waals surface area contributed by atoms with Gasteiger partial charge in [-0.2, -0.15) is 21.6 Å². The standard InChI is InChI=1S/C6H15N.C3H5F3O3S/c1-5(2)7-6(3)4;1-2-9-10(7,8)3(4,5)6/h5-7H,1-4H3;2H2,1H3. The maximum Gasteiger partial charge on any atom is 0.523 e. The molecule has 8 heteroatoms. The minimum absolute atomic E-state index is 0.512. The SMILES string of the molecule is CC(C)NC(C)C.CCOS(=O)(=O)C(F)(F)F. The van der Waals surface area contributed by atoms with Crippen LogP contribution in [0.1, 0.15) is 34.6 Å². The van der Waals surface area contributed by atoms with Crippen LogP contribution in [0, 0.1) is 0 Å². The minimum Gasteiger partial charge on any atom is -0.312 e. The van der Waals surface area contributed by atoms with Crippen molar-refractivity contribution in [3.63, 3.8) is 0 Å². The van der Waals surface area contributed by atoms with E-state index in [1.807, 2.05) is 0 Å². The van der Waals surface area contributed by atoms with Crippen LogP contribution < -0.4 is 5.32 Å². The lowest BCUT2D eigenvalue weighted by atomic mass is 10.3. The summed E-state index contributed by atoms with van der Waals surface area (Å²) in [5.74, 6) is 0. The van der Waals surface area contributed by atoms with Crippen molar-refractivity contribution in [1.29, 1.82) is 0 Å². The molecule has 0 aliphatic heterocycles. The van der Waals surface area contributed by atoms with Crippen molar-refractivity contribution < 1.29 is 25.8 Å². The van der Waals surface area contributed by atoms with E-state index in [1.165, 1.54) is 0 Å². The van der Waals surface area contributed by atoms with Gasteiger partial charge in [-0.15, -0.1) is 0 Å². The molecule has 0 aromatic heterocycles. The largest absolute Gasteiger partial charge is 0.523 e.